The van der Waals surface area contributed by atoms with E-state index in [0.29, 0.717) is 0 Å². The zero-order valence-corrected chi connectivity index (χ0v) is 15.1. The first-order valence-electron chi connectivity index (χ1n) is 8.87. The van der Waals surface area contributed by atoms with Gasteiger partial charge < -0.3 is 19.8 Å². The Balaban J connectivity index is 0.000000299. The van der Waals surface area contributed by atoms with Gasteiger partial charge in [-0.05, 0) is 44.1 Å². The molecule has 27 heavy (non-hydrogen) atoms. The summed E-state index contributed by atoms with van der Waals surface area (Å²) >= 11 is 0. The normalized spacial score (nSPS) is 13.6. The lowest BCUT2D eigenvalue weighted by atomic mass is 10.2. The number of nitrogens with one attached hydrogen (secondary N) is 2. The van der Waals surface area contributed by atoms with E-state index in [0.717, 1.165) is 17.0 Å². The smallest absolute Gasteiger partial charge is 0.341 e. The van der Waals surface area contributed by atoms with Crippen LogP contribution in [0.3, 0.4) is 0 Å². The second kappa shape index (κ2) is 9.14. The topological polar surface area (TPSA) is 76.2 Å². The molecular formula is C20H22FN3O3. The van der Waals surface area contributed by atoms with Crippen molar-refractivity contribution in [2.24, 2.45) is 0 Å². The Bertz CT molecular complexity index is 895. The number of pyridine rings is 1. The number of halogens is 1. The average molecular weight is 371 g/mol. The molecule has 7 heteroatoms. The van der Waals surface area contributed by atoms with Gasteiger partial charge in [-0.25, -0.2) is 14.2 Å². The molecule has 0 amide bonds. The SMILES string of the molecule is C1CCNCC1.COC(=O)c1ccc(F)cc1Oc1cc2cc[nH]c2cn1. The number of piperidine rings is 1. The third-order valence-corrected chi connectivity index (χ3v) is 4.18. The molecule has 142 valence electrons. The molecule has 1 aliphatic heterocycles. The molecule has 1 aromatic carbocycles. The number of fused-ring (bicyclic) bond motifs is 1. The zero-order chi connectivity index (χ0) is 19.1. The van der Waals surface area contributed by atoms with E-state index in [9.17, 15) is 9.18 Å². The quantitative estimate of drug-likeness (QED) is 0.680. The number of hydrogen-bond donors (Lipinski definition) is 2. The molecule has 3 aromatic rings. The van der Waals surface area contributed by atoms with Gasteiger partial charge in [-0.2, -0.15) is 0 Å². The van der Waals surface area contributed by atoms with Crippen molar-refractivity contribution < 1.29 is 18.7 Å². The second-order valence-electron chi connectivity index (χ2n) is 6.13. The van der Waals surface area contributed by atoms with Crippen LogP contribution in [0.5, 0.6) is 11.6 Å². The molecule has 0 bridgehead atoms. The molecule has 4 rings (SSSR count). The molecule has 0 unspecified atom stereocenters. The van der Waals surface area contributed by atoms with Crippen molar-refractivity contribution >= 4 is 16.9 Å². The van der Waals surface area contributed by atoms with Gasteiger partial charge in [0.05, 0.1) is 18.8 Å². The summed E-state index contributed by atoms with van der Waals surface area (Å²) in [7, 11) is 1.25. The third-order valence-electron chi connectivity index (χ3n) is 4.18. The number of nitrogens with zero attached hydrogens (tertiary/aromatic N) is 1. The van der Waals surface area contributed by atoms with Gasteiger partial charge in [-0.15, -0.1) is 0 Å². The van der Waals surface area contributed by atoms with E-state index in [-0.39, 0.29) is 17.2 Å². The Morgan fingerprint density at radius 3 is 2.63 bits per heavy atom. The molecule has 0 saturated carbocycles. The lowest BCUT2D eigenvalue weighted by Crippen LogP contribution is -2.21. The molecule has 1 saturated heterocycles. The Kier molecular flexibility index (Phi) is 6.38. The number of ether oxygens (including phenoxy) is 2. The molecule has 0 radical (unpaired) electrons. The van der Waals surface area contributed by atoms with Crippen molar-refractivity contribution in [3.05, 3.63) is 54.1 Å². The van der Waals surface area contributed by atoms with Gasteiger partial charge in [0.25, 0.3) is 0 Å². The number of carbonyl (C=O) groups excluding carboxylic acids is 1. The number of methoxy groups -OCH3 is 1. The van der Waals surface area contributed by atoms with Gasteiger partial charge in [-0.3, -0.25) is 0 Å². The molecule has 1 aliphatic rings. The third kappa shape index (κ3) is 5.04. The maximum Gasteiger partial charge on any atom is 0.341 e. The van der Waals surface area contributed by atoms with Gasteiger partial charge in [-0.1, -0.05) is 6.42 Å². The fourth-order valence-corrected chi connectivity index (χ4v) is 2.76. The van der Waals surface area contributed by atoms with Crippen molar-refractivity contribution in [2.45, 2.75) is 19.3 Å². The van der Waals surface area contributed by atoms with Crippen molar-refractivity contribution in [3.63, 3.8) is 0 Å². The first-order valence-corrected chi connectivity index (χ1v) is 8.87. The van der Waals surface area contributed by atoms with Crippen LogP contribution in [0.15, 0.2) is 42.7 Å². The van der Waals surface area contributed by atoms with Crippen molar-refractivity contribution in [1.82, 2.24) is 15.3 Å². The highest BCUT2D eigenvalue weighted by Gasteiger charge is 2.15. The molecule has 0 aliphatic carbocycles. The van der Waals surface area contributed by atoms with Crippen molar-refractivity contribution in [3.8, 4) is 11.6 Å². The van der Waals surface area contributed by atoms with E-state index in [1.807, 2.05) is 6.07 Å². The molecule has 2 N–H and O–H groups in total. The first-order chi connectivity index (χ1) is 13.2. The van der Waals surface area contributed by atoms with E-state index in [2.05, 4.69) is 20.0 Å². The minimum atomic E-state index is -0.604. The van der Waals surface area contributed by atoms with E-state index < -0.39 is 11.8 Å². The maximum atomic E-state index is 13.4. The summed E-state index contributed by atoms with van der Waals surface area (Å²) in [5, 5.41) is 4.18. The number of hydrogen-bond acceptors (Lipinski definition) is 5. The largest absolute Gasteiger partial charge is 0.465 e. The van der Waals surface area contributed by atoms with Gasteiger partial charge in [0.1, 0.15) is 17.1 Å². The zero-order valence-electron chi connectivity index (χ0n) is 15.1. The van der Waals surface area contributed by atoms with Crippen LogP contribution in [0.1, 0.15) is 29.6 Å². The predicted molar refractivity (Wildman–Crippen MR) is 101 cm³/mol. The number of rotatable bonds is 3. The summed E-state index contributed by atoms with van der Waals surface area (Å²) in [6, 6.07) is 7.15. The molecular weight excluding hydrogens is 349 g/mol. The van der Waals surface area contributed by atoms with Crippen LogP contribution in [0.4, 0.5) is 4.39 Å². The van der Waals surface area contributed by atoms with E-state index in [1.54, 1.807) is 18.5 Å². The fraction of sp³-hybridized carbons (Fsp3) is 0.300. The summed E-state index contributed by atoms with van der Waals surface area (Å²) < 4.78 is 23.5. The van der Waals surface area contributed by atoms with Crippen molar-refractivity contribution in [2.75, 3.05) is 20.2 Å². The number of carbonyl (C=O) groups is 1. The Hall–Kier alpha value is -2.93. The highest BCUT2D eigenvalue weighted by Crippen LogP contribution is 2.27. The Labute approximate surface area is 156 Å². The fourth-order valence-electron chi connectivity index (χ4n) is 2.76. The van der Waals surface area contributed by atoms with Crippen LogP contribution in [-0.2, 0) is 4.74 Å². The molecule has 1 fully saturated rings. The van der Waals surface area contributed by atoms with Crippen LogP contribution in [-0.4, -0.2) is 36.1 Å². The number of H-pyrrole nitrogens is 1. The average Bonchev–Trinajstić information content (AvgIpc) is 3.17. The van der Waals surface area contributed by atoms with E-state index >= 15 is 0 Å². The van der Waals surface area contributed by atoms with E-state index in [4.69, 9.17) is 4.74 Å². The number of aromatic amines is 1. The number of esters is 1. The molecule has 0 spiro atoms. The summed E-state index contributed by atoms with van der Waals surface area (Å²) in [6.45, 7) is 2.50. The summed E-state index contributed by atoms with van der Waals surface area (Å²) in [5.41, 5.74) is 0.990. The van der Waals surface area contributed by atoms with E-state index in [1.165, 1.54) is 51.6 Å². The van der Waals surface area contributed by atoms with Gasteiger partial charge in [0.15, 0.2) is 0 Å². The number of benzene rings is 1. The number of aromatic nitrogens is 2. The van der Waals surface area contributed by atoms with Crippen LogP contribution in [0.25, 0.3) is 10.9 Å². The minimum absolute atomic E-state index is 0.0595. The molecule has 3 heterocycles. The van der Waals surface area contributed by atoms with Crippen LogP contribution in [0, 0.1) is 5.82 Å². The maximum absolute atomic E-state index is 13.4. The summed E-state index contributed by atoms with van der Waals surface area (Å²) in [5.74, 6) is -0.796. The highest BCUT2D eigenvalue weighted by atomic mass is 19.1. The highest BCUT2D eigenvalue weighted by molar-refractivity contribution is 5.92. The van der Waals surface area contributed by atoms with Crippen LogP contribution < -0.4 is 10.1 Å². The lowest BCUT2D eigenvalue weighted by Gasteiger charge is -2.09. The van der Waals surface area contributed by atoms with Crippen LogP contribution >= 0.6 is 0 Å². The predicted octanol–water partition coefficient (Wildman–Crippen LogP) is 4.04. The minimum Gasteiger partial charge on any atom is -0.465 e. The lowest BCUT2D eigenvalue weighted by molar-refractivity contribution is 0.0597. The summed E-state index contributed by atoms with van der Waals surface area (Å²) in [6.07, 6.45) is 7.59. The van der Waals surface area contributed by atoms with Crippen LogP contribution in [0.2, 0.25) is 0 Å². The molecule has 6 nitrogen and oxygen atoms in total. The van der Waals surface area contributed by atoms with Gasteiger partial charge in [0.2, 0.25) is 5.88 Å². The first kappa shape index (κ1) is 18.8. The van der Waals surface area contributed by atoms with Crippen molar-refractivity contribution in [1.29, 1.82) is 0 Å². The summed E-state index contributed by atoms with van der Waals surface area (Å²) in [4.78, 5) is 18.8. The van der Waals surface area contributed by atoms with Gasteiger partial charge >= 0.3 is 5.97 Å². The Morgan fingerprint density at radius 1 is 1.15 bits per heavy atom. The Morgan fingerprint density at radius 2 is 1.96 bits per heavy atom. The van der Waals surface area contributed by atoms with Gasteiger partial charge in [0, 0.05) is 23.7 Å². The standard InChI is InChI=1S/C15H11FN2O3.C5H11N/c1-20-15(19)11-3-2-10(16)7-13(11)21-14-6-9-4-5-17-12(9)8-18-14;1-2-4-6-5-3-1/h2-8,17H,1H3;6H,1-5H2. The second-order valence-corrected chi connectivity index (χ2v) is 6.13. The molecule has 2 aromatic heterocycles. The monoisotopic (exact) mass is 371 g/mol. The molecule has 0 atom stereocenters.